The Morgan fingerprint density at radius 2 is 1.78 bits per heavy atom. The van der Waals surface area contributed by atoms with Gasteiger partial charge in [-0.2, -0.15) is 4.98 Å². The van der Waals surface area contributed by atoms with Gasteiger partial charge in [-0.3, -0.25) is 14.4 Å². The Hall–Kier alpha value is -3.89. The highest BCUT2D eigenvalue weighted by atomic mass is 16.5. The summed E-state index contributed by atoms with van der Waals surface area (Å²) in [5.74, 6) is 2.06. The first-order valence-corrected chi connectivity index (χ1v) is 14.9. The van der Waals surface area contributed by atoms with Crippen molar-refractivity contribution in [3.63, 3.8) is 0 Å². The lowest BCUT2D eigenvalue weighted by atomic mass is 10.0. The molecule has 2 aliphatic carbocycles. The van der Waals surface area contributed by atoms with E-state index in [-0.39, 0.29) is 29.7 Å². The molecule has 41 heavy (non-hydrogen) atoms. The van der Waals surface area contributed by atoms with Crippen LogP contribution in [0.2, 0.25) is 0 Å². The molecule has 0 radical (unpaired) electrons. The molecule has 2 N–H and O–H groups in total. The zero-order valence-electron chi connectivity index (χ0n) is 23.9. The van der Waals surface area contributed by atoms with Gasteiger partial charge in [-0.1, -0.05) is 12.8 Å². The molecule has 3 heterocycles. The van der Waals surface area contributed by atoms with Crippen LogP contribution in [0, 0.1) is 5.92 Å². The zero-order chi connectivity index (χ0) is 28.5. The van der Waals surface area contributed by atoms with Crippen LogP contribution >= 0.6 is 0 Å². The molecule has 1 aromatic heterocycles. The topological polar surface area (TPSA) is 120 Å². The van der Waals surface area contributed by atoms with Crippen molar-refractivity contribution in [2.45, 2.75) is 69.9 Å². The molecule has 2 aliphatic heterocycles. The summed E-state index contributed by atoms with van der Waals surface area (Å²) in [6.45, 7) is 2.02. The van der Waals surface area contributed by atoms with Gasteiger partial charge in [0.15, 0.2) is 5.82 Å². The summed E-state index contributed by atoms with van der Waals surface area (Å²) >= 11 is 0. The maximum Gasteiger partial charge on any atom is 0.251 e. The average Bonchev–Trinajstić information content (AvgIpc) is 3.73. The number of nitrogens with one attached hydrogen (secondary N) is 2. The fraction of sp³-hybridized carbons (Fsp3) is 0.567. The minimum Gasteiger partial charge on any atom is -0.495 e. The van der Waals surface area contributed by atoms with Crippen molar-refractivity contribution in [1.29, 1.82) is 0 Å². The molecule has 6 rings (SSSR count). The summed E-state index contributed by atoms with van der Waals surface area (Å²) in [5.41, 5.74) is 1.85. The Bertz CT molecular complexity index is 1320. The van der Waals surface area contributed by atoms with Crippen LogP contribution in [-0.4, -0.2) is 78.5 Å². The maximum absolute atomic E-state index is 13.1. The maximum atomic E-state index is 13.1. The van der Waals surface area contributed by atoms with E-state index in [4.69, 9.17) is 9.72 Å². The lowest BCUT2D eigenvalue weighted by molar-refractivity contribution is -0.133. The number of methoxy groups -OCH3 is 1. The van der Waals surface area contributed by atoms with E-state index in [1.807, 2.05) is 4.90 Å². The highest BCUT2D eigenvalue weighted by molar-refractivity contribution is 5.97. The molecule has 3 fully saturated rings. The molecule has 1 aromatic carbocycles. The van der Waals surface area contributed by atoms with E-state index in [0.717, 1.165) is 44.3 Å². The van der Waals surface area contributed by atoms with Crippen molar-refractivity contribution in [2.75, 3.05) is 48.9 Å². The van der Waals surface area contributed by atoms with Gasteiger partial charge in [0.2, 0.25) is 17.8 Å². The number of rotatable bonds is 7. The Morgan fingerprint density at radius 1 is 1.02 bits per heavy atom. The normalized spacial score (nSPS) is 20.0. The molecule has 0 spiro atoms. The number of carbonyl (C=O) groups excluding carboxylic acids is 3. The Kier molecular flexibility index (Phi) is 7.68. The number of benzene rings is 1. The van der Waals surface area contributed by atoms with Gasteiger partial charge in [0, 0.05) is 56.7 Å². The third kappa shape index (κ3) is 5.80. The summed E-state index contributed by atoms with van der Waals surface area (Å²) in [5, 5.41) is 6.39. The number of carbonyl (C=O) groups is 3. The largest absolute Gasteiger partial charge is 0.495 e. The standard InChI is InChI=1S/C30H39N7O4/c1-35-24-18-31-30(34-27(24)37(16-13-26(35)38)22-5-3-4-6-22)33-23-10-9-20(17-25(23)41-2)28(39)32-21-11-14-36(15-12-21)29(40)19-7-8-19/h9-10,17-19,21-22H,3-8,11-16H2,1-2H3,(H,32,39)(H,31,33,34). The molecule has 2 saturated carbocycles. The summed E-state index contributed by atoms with van der Waals surface area (Å²) in [6, 6.07) is 5.67. The first-order valence-electron chi connectivity index (χ1n) is 14.9. The minimum atomic E-state index is -0.164. The molecule has 0 atom stereocenters. The number of anilines is 4. The molecule has 1 saturated heterocycles. The summed E-state index contributed by atoms with van der Waals surface area (Å²) in [7, 11) is 3.34. The van der Waals surface area contributed by atoms with Gasteiger partial charge < -0.3 is 30.1 Å². The molecule has 4 aliphatic rings. The smallest absolute Gasteiger partial charge is 0.251 e. The summed E-state index contributed by atoms with van der Waals surface area (Å²) < 4.78 is 5.63. The van der Waals surface area contributed by atoms with E-state index in [9.17, 15) is 14.4 Å². The first kappa shape index (κ1) is 27.3. The van der Waals surface area contributed by atoms with Crippen molar-refractivity contribution in [3.05, 3.63) is 30.0 Å². The van der Waals surface area contributed by atoms with Gasteiger partial charge in [-0.05, 0) is 56.7 Å². The highest BCUT2D eigenvalue weighted by Gasteiger charge is 2.35. The number of ether oxygens (including phenoxy) is 1. The lowest BCUT2D eigenvalue weighted by Gasteiger charge is -2.32. The van der Waals surface area contributed by atoms with E-state index < -0.39 is 0 Å². The Balaban J connectivity index is 1.15. The molecule has 3 amide bonds. The van der Waals surface area contributed by atoms with Crippen LogP contribution in [0.25, 0.3) is 0 Å². The average molecular weight is 562 g/mol. The fourth-order valence-electron chi connectivity index (χ4n) is 6.23. The van der Waals surface area contributed by atoms with Gasteiger partial charge in [-0.15, -0.1) is 0 Å². The number of nitrogens with zero attached hydrogens (tertiary/aromatic N) is 5. The number of fused-ring (bicyclic) bond motifs is 1. The third-order valence-electron chi connectivity index (χ3n) is 8.87. The predicted octanol–water partition coefficient (Wildman–Crippen LogP) is 3.48. The predicted molar refractivity (Wildman–Crippen MR) is 156 cm³/mol. The second-order valence-corrected chi connectivity index (χ2v) is 11.6. The van der Waals surface area contributed by atoms with E-state index in [2.05, 4.69) is 20.5 Å². The van der Waals surface area contributed by atoms with Crippen LogP contribution in [0.1, 0.15) is 68.1 Å². The quantitative estimate of drug-likeness (QED) is 0.527. The van der Waals surface area contributed by atoms with Gasteiger partial charge in [0.1, 0.15) is 11.4 Å². The van der Waals surface area contributed by atoms with Gasteiger partial charge in [-0.25, -0.2) is 4.98 Å². The van der Waals surface area contributed by atoms with Gasteiger partial charge in [0.25, 0.3) is 5.91 Å². The van der Waals surface area contributed by atoms with Crippen molar-refractivity contribution in [1.82, 2.24) is 20.2 Å². The van der Waals surface area contributed by atoms with E-state index in [1.54, 1.807) is 43.5 Å². The van der Waals surface area contributed by atoms with Gasteiger partial charge in [0.05, 0.1) is 19.0 Å². The molecule has 11 heteroatoms. The third-order valence-corrected chi connectivity index (χ3v) is 8.87. The van der Waals surface area contributed by atoms with E-state index in [1.165, 1.54) is 12.8 Å². The van der Waals surface area contributed by atoms with Crippen molar-refractivity contribution in [3.8, 4) is 5.75 Å². The number of amides is 3. The second kappa shape index (κ2) is 11.5. The zero-order valence-corrected chi connectivity index (χ0v) is 23.9. The van der Waals surface area contributed by atoms with Crippen LogP contribution in [0.3, 0.4) is 0 Å². The highest BCUT2D eigenvalue weighted by Crippen LogP contribution is 2.37. The van der Waals surface area contributed by atoms with Crippen LogP contribution in [0.5, 0.6) is 5.75 Å². The Labute approximate surface area is 240 Å². The molecule has 2 aromatic rings. The van der Waals surface area contributed by atoms with Crippen molar-refractivity contribution < 1.29 is 19.1 Å². The monoisotopic (exact) mass is 561 g/mol. The van der Waals surface area contributed by atoms with Crippen LogP contribution in [-0.2, 0) is 9.59 Å². The van der Waals surface area contributed by atoms with Crippen molar-refractivity contribution >= 4 is 40.9 Å². The van der Waals surface area contributed by atoms with Crippen LogP contribution < -0.4 is 25.2 Å². The lowest BCUT2D eigenvalue weighted by Crippen LogP contribution is -2.47. The number of hydrogen-bond acceptors (Lipinski definition) is 8. The van der Waals surface area contributed by atoms with Crippen molar-refractivity contribution in [2.24, 2.45) is 5.92 Å². The minimum absolute atomic E-state index is 0.0374. The fourth-order valence-corrected chi connectivity index (χ4v) is 6.23. The van der Waals surface area contributed by atoms with E-state index in [0.29, 0.717) is 60.7 Å². The molecular weight excluding hydrogens is 522 g/mol. The molecule has 218 valence electrons. The van der Waals surface area contributed by atoms with Crippen LogP contribution in [0.15, 0.2) is 24.4 Å². The molecule has 0 unspecified atom stereocenters. The number of aromatic nitrogens is 2. The van der Waals surface area contributed by atoms with Crippen LogP contribution in [0.4, 0.5) is 23.1 Å². The SMILES string of the molecule is COc1cc(C(=O)NC2CCN(C(=O)C3CC3)CC2)ccc1Nc1ncc2c(n1)N(C1CCCC1)CCC(=O)N2C. The second-order valence-electron chi connectivity index (χ2n) is 11.6. The number of piperidine rings is 1. The molecule has 0 bridgehead atoms. The number of hydrogen-bond donors (Lipinski definition) is 2. The van der Waals surface area contributed by atoms with E-state index >= 15 is 0 Å². The molecular formula is C30H39N7O4. The van der Waals surface area contributed by atoms with Gasteiger partial charge >= 0.3 is 0 Å². The summed E-state index contributed by atoms with van der Waals surface area (Å²) in [4.78, 5) is 53.3. The number of likely N-dealkylation sites (tertiary alicyclic amines) is 1. The molecule has 11 nitrogen and oxygen atoms in total. The first-order chi connectivity index (χ1) is 19.9. The summed E-state index contributed by atoms with van der Waals surface area (Å²) in [6.07, 6.45) is 10.3. The Morgan fingerprint density at radius 3 is 2.49 bits per heavy atom.